The Morgan fingerprint density at radius 3 is 2.13 bits per heavy atom. The zero-order valence-corrected chi connectivity index (χ0v) is 17.7. The van der Waals surface area contributed by atoms with Gasteiger partial charge in [-0.3, -0.25) is 19.3 Å². The lowest BCUT2D eigenvalue weighted by molar-refractivity contribution is -0.121. The van der Waals surface area contributed by atoms with E-state index in [-0.39, 0.29) is 36.1 Å². The summed E-state index contributed by atoms with van der Waals surface area (Å²) in [6.45, 7) is 7.48. The second-order valence-electron chi connectivity index (χ2n) is 8.38. The Bertz CT molecular complexity index is 894. The minimum Gasteiger partial charge on any atom is -0.492 e. The standard InChI is InChI=1S/C24H28N2O4/c1-24(2,3)17-10-12-18(13-11-17)30-16-14-25-21(27)9-6-15-26-22(28)19-7-4-5-8-20(19)23(26)29/h4-5,7-8,10-13H,6,9,14-16H2,1-3H3,(H,25,27). The van der Waals surface area contributed by atoms with Crippen molar-refractivity contribution in [2.75, 3.05) is 19.7 Å². The third-order valence-corrected chi connectivity index (χ3v) is 5.08. The fourth-order valence-electron chi connectivity index (χ4n) is 3.34. The van der Waals surface area contributed by atoms with Crippen LogP contribution in [0.25, 0.3) is 0 Å². The molecule has 2 aromatic rings. The molecule has 1 N–H and O–H groups in total. The molecule has 1 aliphatic rings. The van der Waals surface area contributed by atoms with E-state index >= 15 is 0 Å². The van der Waals surface area contributed by atoms with Gasteiger partial charge in [0.15, 0.2) is 0 Å². The van der Waals surface area contributed by atoms with Gasteiger partial charge >= 0.3 is 0 Å². The zero-order valence-electron chi connectivity index (χ0n) is 17.7. The van der Waals surface area contributed by atoms with Crippen LogP contribution in [0, 0.1) is 0 Å². The van der Waals surface area contributed by atoms with E-state index in [0.29, 0.717) is 30.7 Å². The number of benzene rings is 2. The van der Waals surface area contributed by atoms with E-state index in [0.717, 1.165) is 5.75 Å². The molecule has 6 nitrogen and oxygen atoms in total. The van der Waals surface area contributed by atoms with Crippen molar-refractivity contribution in [1.29, 1.82) is 0 Å². The maximum atomic E-state index is 12.3. The van der Waals surface area contributed by atoms with Crippen LogP contribution >= 0.6 is 0 Å². The summed E-state index contributed by atoms with van der Waals surface area (Å²) in [5.74, 6) is 0.0601. The van der Waals surface area contributed by atoms with Crippen molar-refractivity contribution < 1.29 is 19.1 Å². The van der Waals surface area contributed by atoms with Gasteiger partial charge in [-0.25, -0.2) is 0 Å². The molecule has 0 unspecified atom stereocenters. The molecular weight excluding hydrogens is 380 g/mol. The molecular formula is C24H28N2O4. The lowest BCUT2D eigenvalue weighted by atomic mass is 9.87. The van der Waals surface area contributed by atoms with Gasteiger partial charge in [-0.1, -0.05) is 45.0 Å². The highest BCUT2D eigenvalue weighted by Gasteiger charge is 2.34. The van der Waals surface area contributed by atoms with E-state index in [4.69, 9.17) is 4.74 Å². The Balaban J connectivity index is 1.34. The van der Waals surface area contributed by atoms with Crippen LogP contribution in [0.4, 0.5) is 0 Å². The molecule has 30 heavy (non-hydrogen) atoms. The van der Waals surface area contributed by atoms with E-state index in [9.17, 15) is 14.4 Å². The van der Waals surface area contributed by atoms with Crippen molar-refractivity contribution >= 4 is 17.7 Å². The van der Waals surface area contributed by atoms with Gasteiger partial charge in [-0.15, -0.1) is 0 Å². The van der Waals surface area contributed by atoms with Crippen molar-refractivity contribution in [2.45, 2.75) is 39.0 Å². The topological polar surface area (TPSA) is 75.7 Å². The van der Waals surface area contributed by atoms with Crippen LogP contribution in [0.1, 0.15) is 59.9 Å². The third kappa shape index (κ3) is 5.06. The maximum Gasteiger partial charge on any atom is 0.261 e. The number of amides is 3. The molecule has 0 saturated carbocycles. The first-order chi connectivity index (χ1) is 14.3. The monoisotopic (exact) mass is 408 g/mol. The summed E-state index contributed by atoms with van der Waals surface area (Å²) >= 11 is 0. The number of imide groups is 1. The van der Waals surface area contributed by atoms with Gasteiger partial charge in [0.1, 0.15) is 12.4 Å². The summed E-state index contributed by atoms with van der Waals surface area (Å²) in [6, 6.07) is 14.7. The molecule has 0 saturated heterocycles. The summed E-state index contributed by atoms with van der Waals surface area (Å²) in [7, 11) is 0. The Morgan fingerprint density at radius 2 is 1.57 bits per heavy atom. The lowest BCUT2D eigenvalue weighted by Crippen LogP contribution is -2.32. The number of ether oxygens (including phenoxy) is 1. The van der Waals surface area contributed by atoms with Crippen LogP contribution in [-0.4, -0.2) is 42.3 Å². The molecule has 3 amide bonds. The molecule has 6 heteroatoms. The van der Waals surface area contributed by atoms with Gasteiger partial charge in [-0.2, -0.15) is 0 Å². The van der Waals surface area contributed by atoms with Crippen molar-refractivity contribution in [2.24, 2.45) is 0 Å². The predicted octanol–water partition coefficient (Wildman–Crippen LogP) is 3.56. The second kappa shape index (κ2) is 9.11. The number of hydrogen-bond donors (Lipinski definition) is 1. The van der Waals surface area contributed by atoms with Gasteiger partial charge in [0.25, 0.3) is 11.8 Å². The summed E-state index contributed by atoms with van der Waals surface area (Å²) < 4.78 is 5.66. The molecule has 1 heterocycles. The number of fused-ring (bicyclic) bond motifs is 1. The highest BCUT2D eigenvalue weighted by molar-refractivity contribution is 6.21. The molecule has 0 radical (unpaired) electrons. The Hall–Kier alpha value is -3.15. The largest absolute Gasteiger partial charge is 0.492 e. The summed E-state index contributed by atoms with van der Waals surface area (Å²) in [4.78, 5) is 37.8. The van der Waals surface area contributed by atoms with Gasteiger partial charge < -0.3 is 10.1 Å². The summed E-state index contributed by atoms with van der Waals surface area (Å²) in [5.41, 5.74) is 2.19. The average Bonchev–Trinajstić information content (AvgIpc) is 2.96. The fourth-order valence-corrected chi connectivity index (χ4v) is 3.34. The van der Waals surface area contributed by atoms with E-state index < -0.39 is 0 Å². The van der Waals surface area contributed by atoms with Crippen molar-refractivity contribution in [1.82, 2.24) is 10.2 Å². The van der Waals surface area contributed by atoms with Gasteiger partial charge in [0.2, 0.25) is 5.91 Å². The predicted molar refractivity (Wildman–Crippen MR) is 115 cm³/mol. The number of rotatable bonds is 8. The highest BCUT2D eigenvalue weighted by Crippen LogP contribution is 2.24. The van der Waals surface area contributed by atoms with Gasteiger partial charge in [0.05, 0.1) is 17.7 Å². The Morgan fingerprint density at radius 1 is 0.967 bits per heavy atom. The second-order valence-corrected chi connectivity index (χ2v) is 8.38. The third-order valence-electron chi connectivity index (χ3n) is 5.08. The Kier molecular flexibility index (Phi) is 6.55. The van der Waals surface area contributed by atoms with E-state index in [1.807, 2.05) is 24.3 Å². The van der Waals surface area contributed by atoms with Crippen LogP contribution in [0.15, 0.2) is 48.5 Å². The average molecular weight is 408 g/mol. The number of carbonyl (C=O) groups is 3. The normalized spacial score (nSPS) is 13.4. The first-order valence-corrected chi connectivity index (χ1v) is 10.2. The van der Waals surface area contributed by atoms with Crippen LogP contribution < -0.4 is 10.1 Å². The molecule has 0 aromatic heterocycles. The van der Waals surface area contributed by atoms with Crippen molar-refractivity contribution in [3.05, 3.63) is 65.2 Å². The van der Waals surface area contributed by atoms with Crippen LogP contribution in [-0.2, 0) is 10.2 Å². The van der Waals surface area contributed by atoms with Crippen LogP contribution in [0.2, 0.25) is 0 Å². The minimum absolute atomic E-state index is 0.0968. The van der Waals surface area contributed by atoms with Crippen LogP contribution in [0.5, 0.6) is 5.75 Å². The van der Waals surface area contributed by atoms with Gasteiger partial charge in [-0.05, 0) is 41.7 Å². The summed E-state index contributed by atoms with van der Waals surface area (Å²) in [6.07, 6.45) is 0.667. The Labute approximate surface area is 177 Å². The highest BCUT2D eigenvalue weighted by atomic mass is 16.5. The summed E-state index contributed by atoms with van der Waals surface area (Å²) in [5, 5.41) is 2.80. The number of carbonyl (C=O) groups excluding carboxylic acids is 3. The first kappa shape index (κ1) is 21.6. The molecule has 0 bridgehead atoms. The number of nitrogens with one attached hydrogen (secondary N) is 1. The van der Waals surface area contributed by atoms with E-state index in [1.54, 1.807) is 24.3 Å². The molecule has 0 fully saturated rings. The first-order valence-electron chi connectivity index (χ1n) is 10.2. The molecule has 0 spiro atoms. The number of nitrogens with zero attached hydrogens (tertiary/aromatic N) is 1. The smallest absolute Gasteiger partial charge is 0.261 e. The molecule has 0 aliphatic carbocycles. The SMILES string of the molecule is CC(C)(C)c1ccc(OCCNC(=O)CCCN2C(=O)c3ccccc3C2=O)cc1. The zero-order chi connectivity index (χ0) is 21.7. The van der Waals surface area contributed by atoms with Gasteiger partial charge in [0, 0.05) is 13.0 Å². The minimum atomic E-state index is -0.290. The number of hydrogen-bond acceptors (Lipinski definition) is 4. The maximum absolute atomic E-state index is 12.3. The molecule has 3 rings (SSSR count). The van der Waals surface area contributed by atoms with Crippen molar-refractivity contribution in [3.8, 4) is 5.75 Å². The molecule has 158 valence electrons. The fraction of sp³-hybridized carbons (Fsp3) is 0.375. The molecule has 2 aromatic carbocycles. The molecule has 1 aliphatic heterocycles. The van der Waals surface area contributed by atoms with E-state index in [1.165, 1.54) is 10.5 Å². The quantitative estimate of drug-likeness (QED) is 0.535. The molecule has 0 atom stereocenters. The lowest BCUT2D eigenvalue weighted by Gasteiger charge is -2.19. The van der Waals surface area contributed by atoms with E-state index in [2.05, 4.69) is 26.1 Å². The van der Waals surface area contributed by atoms with Crippen LogP contribution in [0.3, 0.4) is 0 Å². The van der Waals surface area contributed by atoms with Crippen molar-refractivity contribution in [3.63, 3.8) is 0 Å².